The van der Waals surface area contributed by atoms with Gasteiger partial charge in [-0.2, -0.15) is 0 Å². The quantitative estimate of drug-likeness (QED) is 0.661. The number of halogens is 1. The zero-order chi connectivity index (χ0) is 13.8. The van der Waals surface area contributed by atoms with Crippen molar-refractivity contribution in [3.63, 3.8) is 0 Å². The van der Waals surface area contributed by atoms with Crippen LogP contribution in [0, 0.1) is 5.82 Å². The number of hydrogen-bond acceptors (Lipinski definition) is 3. The first-order valence-corrected chi connectivity index (χ1v) is 7.24. The van der Waals surface area contributed by atoms with Crippen LogP contribution in [0.4, 0.5) is 15.8 Å². The van der Waals surface area contributed by atoms with Crippen LogP contribution in [0.2, 0.25) is 0 Å². The van der Waals surface area contributed by atoms with Gasteiger partial charge in [0.1, 0.15) is 10.8 Å². The number of rotatable bonds is 4. The van der Waals surface area contributed by atoms with E-state index in [4.69, 9.17) is 18.0 Å². The van der Waals surface area contributed by atoms with Gasteiger partial charge in [0.25, 0.3) is 0 Å². The Kier molecular flexibility index (Phi) is 4.39. The van der Waals surface area contributed by atoms with Crippen LogP contribution < -0.4 is 11.1 Å². The van der Waals surface area contributed by atoms with Gasteiger partial charge >= 0.3 is 0 Å². The summed E-state index contributed by atoms with van der Waals surface area (Å²) in [6.07, 6.45) is 1.96. The van der Waals surface area contributed by atoms with Crippen LogP contribution in [0.5, 0.6) is 0 Å². The van der Waals surface area contributed by atoms with E-state index in [-0.39, 0.29) is 5.82 Å². The molecule has 0 aromatic heterocycles. The molecule has 0 aliphatic heterocycles. The molecular weight excluding hydrogens is 279 g/mol. The van der Waals surface area contributed by atoms with Gasteiger partial charge in [-0.3, -0.25) is 0 Å². The topological polar surface area (TPSA) is 38.0 Å². The zero-order valence-electron chi connectivity index (χ0n) is 10.3. The van der Waals surface area contributed by atoms with Crippen LogP contribution in [0.3, 0.4) is 0 Å². The molecule has 0 spiro atoms. The minimum absolute atomic E-state index is 0.289. The summed E-state index contributed by atoms with van der Waals surface area (Å²) in [6.45, 7) is 0. The number of anilines is 2. The molecule has 0 saturated carbocycles. The Balaban J connectivity index is 2.42. The number of benzene rings is 2. The monoisotopic (exact) mass is 292 g/mol. The summed E-state index contributed by atoms with van der Waals surface area (Å²) in [6, 6.07) is 12.0. The van der Waals surface area contributed by atoms with Crippen molar-refractivity contribution in [2.24, 2.45) is 5.73 Å². The van der Waals surface area contributed by atoms with Crippen molar-refractivity contribution in [1.82, 2.24) is 0 Å². The lowest BCUT2D eigenvalue weighted by molar-refractivity contribution is 0.628. The fourth-order valence-electron chi connectivity index (χ4n) is 1.78. The van der Waals surface area contributed by atoms with Crippen molar-refractivity contribution >= 4 is 40.3 Å². The second-order valence-corrected chi connectivity index (χ2v) is 5.17. The normalized spacial score (nSPS) is 10.2. The minimum Gasteiger partial charge on any atom is -0.389 e. The molecule has 98 valence electrons. The molecule has 2 rings (SSSR count). The summed E-state index contributed by atoms with van der Waals surface area (Å²) in [7, 11) is 0. The highest BCUT2D eigenvalue weighted by Gasteiger charge is 2.10. The third-order valence-corrected chi connectivity index (χ3v) is 3.58. The molecule has 5 heteroatoms. The fraction of sp³-hybridized carbons (Fsp3) is 0.0714. The highest BCUT2D eigenvalue weighted by atomic mass is 32.2. The maximum absolute atomic E-state index is 13.2. The molecule has 2 aromatic carbocycles. The van der Waals surface area contributed by atoms with Crippen molar-refractivity contribution in [3.05, 3.63) is 53.8 Å². The molecular formula is C14H13FN2S2. The van der Waals surface area contributed by atoms with Crippen molar-refractivity contribution in [2.45, 2.75) is 4.90 Å². The average Bonchev–Trinajstić information content (AvgIpc) is 2.38. The van der Waals surface area contributed by atoms with Gasteiger partial charge in [-0.15, -0.1) is 11.8 Å². The van der Waals surface area contributed by atoms with Crippen LogP contribution >= 0.6 is 24.0 Å². The number of nitrogens with one attached hydrogen (secondary N) is 1. The molecule has 0 fully saturated rings. The number of thiocarbonyl (C=S) groups is 1. The molecule has 0 atom stereocenters. The summed E-state index contributed by atoms with van der Waals surface area (Å²) >= 11 is 6.67. The van der Waals surface area contributed by atoms with E-state index < -0.39 is 0 Å². The van der Waals surface area contributed by atoms with Crippen LogP contribution in [-0.2, 0) is 0 Å². The first-order valence-electron chi connectivity index (χ1n) is 5.61. The van der Waals surface area contributed by atoms with E-state index in [2.05, 4.69) is 5.32 Å². The lowest BCUT2D eigenvalue weighted by Gasteiger charge is -2.14. The Bertz CT molecular complexity index is 614. The third-order valence-electron chi connectivity index (χ3n) is 2.60. The Labute approximate surface area is 121 Å². The highest BCUT2D eigenvalue weighted by Crippen LogP contribution is 2.29. The summed E-state index contributed by atoms with van der Waals surface area (Å²) < 4.78 is 13.2. The third kappa shape index (κ3) is 3.24. The van der Waals surface area contributed by atoms with Gasteiger partial charge in [0.15, 0.2) is 0 Å². The number of thioether (sulfide) groups is 1. The molecule has 0 aliphatic carbocycles. The SMILES string of the molecule is CSc1cccc(Nc2cccc(F)c2)c1C(N)=S. The van der Waals surface area contributed by atoms with Crippen molar-refractivity contribution in [1.29, 1.82) is 0 Å². The van der Waals surface area contributed by atoms with E-state index in [0.29, 0.717) is 10.7 Å². The predicted molar refractivity (Wildman–Crippen MR) is 83.8 cm³/mol. The Morgan fingerprint density at radius 3 is 2.63 bits per heavy atom. The Morgan fingerprint density at radius 2 is 2.00 bits per heavy atom. The van der Waals surface area contributed by atoms with E-state index in [0.717, 1.165) is 16.1 Å². The van der Waals surface area contributed by atoms with Crippen LogP contribution in [0.15, 0.2) is 47.4 Å². The molecule has 0 unspecified atom stereocenters. The first kappa shape index (κ1) is 13.8. The van der Waals surface area contributed by atoms with Crippen molar-refractivity contribution in [3.8, 4) is 0 Å². The summed E-state index contributed by atoms with van der Waals surface area (Å²) in [4.78, 5) is 1.32. The number of nitrogens with two attached hydrogens (primary N) is 1. The standard InChI is InChI=1S/C14H13FN2S2/c1-19-12-7-3-6-11(13(12)14(16)18)17-10-5-2-4-9(15)8-10/h2-8,17H,1H3,(H2,16,18). The van der Waals surface area contributed by atoms with E-state index in [1.54, 1.807) is 23.9 Å². The lowest BCUT2D eigenvalue weighted by Crippen LogP contribution is -2.13. The van der Waals surface area contributed by atoms with Gasteiger partial charge in [0, 0.05) is 21.8 Å². The second-order valence-electron chi connectivity index (χ2n) is 3.88. The zero-order valence-corrected chi connectivity index (χ0v) is 11.9. The number of hydrogen-bond donors (Lipinski definition) is 2. The van der Waals surface area contributed by atoms with Gasteiger partial charge in [-0.25, -0.2) is 4.39 Å². The van der Waals surface area contributed by atoms with Gasteiger partial charge < -0.3 is 11.1 Å². The lowest BCUT2D eigenvalue weighted by atomic mass is 10.1. The Hall–Kier alpha value is -1.59. The molecule has 0 aliphatic rings. The van der Waals surface area contributed by atoms with Crippen LogP contribution in [0.25, 0.3) is 0 Å². The van der Waals surface area contributed by atoms with Crippen LogP contribution in [-0.4, -0.2) is 11.2 Å². The fourth-order valence-corrected chi connectivity index (χ4v) is 2.70. The summed E-state index contributed by atoms with van der Waals surface area (Å²) in [5.41, 5.74) is 8.01. The molecule has 0 heterocycles. The van der Waals surface area contributed by atoms with E-state index in [1.807, 2.05) is 24.5 Å². The average molecular weight is 292 g/mol. The van der Waals surface area contributed by atoms with E-state index >= 15 is 0 Å². The predicted octanol–water partition coefficient (Wildman–Crippen LogP) is 3.93. The maximum atomic E-state index is 13.2. The molecule has 0 radical (unpaired) electrons. The molecule has 0 bridgehead atoms. The van der Waals surface area contributed by atoms with Gasteiger partial charge in [-0.1, -0.05) is 24.4 Å². The van der Waals surface area contributed by atoms with E-state index in [9.17, 15) is 4.39 Å². The second kappa shape index (κ2) is 6.04. The molecule has 2 nitrogen and oxygen atoms in total. The van der Waals surface area contributed by atoms with Gasteiger partial charge in [-0.05, 0) is 36.6 Å². The van der Waals surface area contributed by atoms with E-state index in [1.165, 1.54) is 12.1 Å². The minimum atomic E-state index is -0.289. The molecule has 2 aromatic rings. The van der Waals surface area contributed by atoms with Crippen LogP contribution in [0.1, 0.15) is 5.56 Å². The van der Waals surface area contributed by atoms with Crippen molar-refractivity contribution < 1.29 is 4.39 Å². The van der Waals surface area contributed by atoms with Crippen molar-refractivity contribution in [2.75, 3.05) is 11.6 Å². The summed E-state index contributed by atoms with van der Waals surface area (Å²) in [5, 5.41) is 3.15. The molecule has 3 N–H and O–H groups in total. The smallest absolute Gasteiger partial charge is 0.125 e. The van der Waals surface area contributed by atoms with Gasteiger partial charge in [0.05, 0.1) is 0 Å². The summed E-state index contributed by atoms with van der Waals surface area (Å²) in [5.74, 6) is -0.289. The highest BCUT2D eigenvalue weighted by molar-refractivity contribution is 7.98. The Morgan fingerprint density at radius 1 is 1.26 bits per heavy atom. The maximum Gasteiger partial charge on any atom is 0.125 e. The molecule has 19 heavy (non-hydrogen) atoms. The van der Waals surface area contributed by atoms with Gasteiger partial charge in [0.2, 0.25) is 0 Å². The largest absolute Gasteiger partial charge is 0.389 e. The first-order chi connectivity index (χ1) is 9.11. The molecule has 0 saturated heterocycles. The molecule has 0 amide bonds.